The van der Waals surface area contributed by atoms with Crippen molar-refractivity contribution >= 4 is 19.9 Å². The fraction of sp³-hybridized carbons (Fsp3) is 1.00. The lowest BCUT2D eigenvalue weighted by molar-refractivity contribution is 0.0502. The van der Waals surface area contributed by atoms with Gasteiger partial charge in [0, 0.05) is 31.6 Å². The van der Waals surface area contributed by atoms with E-state index in [1.165, 1.54) is 0 Å². The highest BCUT2D eigenvalue weighted by atomic mass is 32.2. The number of hydrogen-bond donors (Lipinski definition) is 2. The molecule has 18 heavy (non-hydrogen) atoms. The third-order valence-corrected chi connectivity index (χ3v) is 5.63. The molecule has 0 aromatic rings. The minimum absolute atomic E-state index is 0.175. The van der Waals surface area contributed by atoms with E-state index in [0.717, 1.165) is 6.26 Å². The molecule has 0 saturated carbocycles. The predicted molar refractivity (Wildman–Crippen MR) is 68.5 cm³/mol. The summed E-state index contributed by atoms with van der Waals surface area (Å²) in [5.74, 6) is -0.825. The first-order valence-corrected chi connectivity index (χ1v) is 9.37. The molecule has 0 aliphatic carbocycles. The number of hydrogen-bond acceptors (Lipinski definition) is 6. The molecule has 1 rings (SSSR count). The van der Waals surface area contributed by atoms with Crippen LogP contribution in [0.4, 0.5) is 0 Å². The van der Waals surface area contributed by atoms with E-state index < -0.39 is 31.2 Å². The van der Waals surface area contributed by atoms with Gasteiger partial charge in [-0.05, 0) is 12.8 Å². The molecule has 0 amide bonds. The second-order valence-electron chi connectivity index (χ2n) is 4.65. The van der Waals surface area contributed by atoms with Gasteiger partial charge in [-0.3, -0.25) is 0 Å². The molecule has 0 unspecified atom stereocenters. The monoisotopic (exact) mass is 300 g/mol. The predicted octanol–water partition coefficient (Wildman–Crippen LogP) is -1.54. The van der Waals surface area contributed by atoms with E-state index in [-0.39, 0.29) is 12.3 Å². The molecule has 0 atom stereocenters. The molecule has 0 aromatic heterocycles. The molecular formula is C9H20N2O5S2. The Morgan fingerprint density at radius 1 is 1.17 bits per heavy atom. The molecule has 0 bridgehead atoms. The normalized spacial score (nSPS) is 20.8. The Balaban J connectivity index is 2.68. The van der Waals surface area contributed by atoms with E-state index in [1.54, 1.807) is 0 Å². The maximum Gasteiger partial charge on any atom is 0.213 e. The number of rotatable bonds is 6. The quantitative estimate of drug-likeness (QED) is 0.614. The summed E-state index contributed by atoms with van der Waals surface area (Å²) in [4.78, 5) is 0. The van der Waals surface area contributed by atoms with Gasteiger partial charge in [0.05, 0.1) is 11.5 Å². The Hall–Kier alpha value is -0.220. The van der Waals surface area contributed by atoms with Gasteiger partial charge in [0.25, 0.3) is 0 Å². The van der Waals surface area contributed by atoms with Gasteiger partial charge in [0.15, 0.2) is 0 Å². The average molecular weight is 300 g/mol. The van der Waals surface area contributed by atoms with Gasteiger partial charge in [0.1, 0.15) is 9.84 Å². The van der Waals surface area contributed by atoms with Gasteiger partial charge in [-0.1, -0.05) is 0 Å². The minimum Gasteiger partial charge on any atom is -0.381 e. The van der Waals surface area contributed by atoms with Crippen molar-refractivity contribution in [1.82, 2.24) is 4.72 Å². The topological polar surface area (TPSA) is 116 Å². The number of nitrogens with two attached hydrogens (primary N) is 1. The Morgan fingerprint density at radius 3 is 2.17 bits per heavy atom. The first kappa shape index (κ1) is 15.8. The van der Waals surface area contributed by atoms with Gasteiger partial charge >= 0.3 is 0 Å². The van der Waals surface area contributed by atoms with Crippen LogP contribution in [0.2, 0.25) is 0 Å². The number of nitrogens with one attached hydrogen (secondary N) is 1. The van der Waals surface area contributed by atoms with E-state index in [0.29, 0.717) is 26.1 Å². The van der Waals surface area contributed by atoms with E-state index in [4.69, 9.17) is 10.5 Å². The van der Waals surface area contributed by atoms with Crippen LogP contribution in [0.25, 0.3) is 0 Å². The van der Waals surface area contributed by atoms with E-state index in [2.05, 4.69) is 4.72 Å². The molecule has 7 nitrogen and oxygen atoms in total. The van der Waals surface area contributed by atoms with E-state index >= 15 is 0 Å². The second kappa shape index (κ2) is 5.83. The lowest BCUT2D eigenvalue weighted by Crippen LogP contribution is -2.57. The summed E-state index contributed by atoms with van der Waals surface area (Å²) < 4.78 is 53.3. The number of sulfonamides is 1. The molecule has 0 spiro atoms. The van der Waals surface area contributed by atoms with Gasteiger partial charge in [0.2, 0.25) is 10.0 Å². The summed E-state index contributed by atoms with van der Waals surface area (Å²) in [7, 11) is -6.95. The SMILES string of the molecule is CS(=O)(=O)CCS(=O)(=O)NC1(CN)CCOCC1. The van der Waals surface area contributed by atoms with Crippen molar-refractivity contribution in [2.75, 3.05) is 37.5 Å². The Bertz CT molecular complexity index is 465. The molecular weight excluding hydrogens is 280 g/mol. The van der Waals surface area contributed by atoms with Gasteiger partial charge in [-0.15, -0.1) is 0 Å². The van der Waals surface area contributed by atoms with Crippen LogP contribution in [0.5, 0.6) is 0 Å². The highest BCUT2D eigenvalue weighted by Crippen LogP contribution is 2.20. The van der Waals surface area contributed by atoms with Crippen LogP contribution in [0, 0.1) is 0 Å². The smallest absolute Gasteiger partial charge is 0.213 e. The summed E-state index contributed by atoms with van der Waals surface area (Å²) in [5, 5.41) is 0. The lowest BCUT2D eigenvalue weighted by atomic mass is 9.92. The van der Waals surface area contributed by atoms with Crippen molar-refractivity contribution in [2.45, 2.75) is 18.4 Å². The molecule has 0 radical (unpaired) electrons. The van der Waals surface area contributed by atoms with E-state index in [9.17, 15) is 16.8 Å². The van der Waals surface area contributed by atoms with Crippen LogP contribution < -0.4 is 10.5 Å². The lowest BCUT2D eigenvalue weighted by Gasteiger charge is -2.36. The van der Waals surface area contributed by atoms with Crippen molar-refractivity contribution in [2.24, 2.45) is 5.73 Å². The Labute approximate surface area is 108 Å². The zero-order valence-electron chi connectivity index (χ0n) is 10.4. The van der Waals surface area contributed by atoms with Crippen LogP contribution in [0.15, 0.2) is 0 Å². The molecule has 108 valence electrons. The van der Waals surface area contributed by atoms with E-state index in [1.807, 2.05) is 0 Å². The maximum absolute atomic E-state index is 11.8. The van der Waals surface area contributed by atoms with Gasteiger partial charge in [-0.25, -0.2) is 21.6 Å². The standard InChI is InChI=1S/C9H20N2O5S2/c1-17(12,13)6-7-18(14,15)11-9(8-10)2-4-16-5-3-9/h11H,2-8,10H2,1H3. The van der Waals surface area contributed by atoms with Crippen LogP contribution >= 0.6 is 0 Å². The summed E-state index contributed by atoms with van der Waals surface area (Å²) in [6, 6.07) is 0. The summed E-state index contributed by atoms with van der Waals surface area (Å²) in [6.07, 6.45) is 2.01. The molecule has 1 aliphatic rings. The highest BCUT2D eigenvalue weighted by Gasteiger charge is 2.35. The molecule has 9 heteroatoms. The molecule has 3 N–H and O–H groups in total. The molecule has 1 fully saturated rings. The van der Waals surface area contributed by atoms with Crippen molar-refractivity contribution in [3.8, 4) is 0 Å². The average Bonchev–Trinajstić information content (AvgIpc) is 2.27. The first-order valence-electron chi connectivity index (χ1n) is 5.65. The number of ether oxygens (including phenoxy) is 1. The van der Waals surface area contributed by atoms with Crippen LogP contribution in [-0.2, 0) is 24.6 Å². The number of sulfone groups is 1. The minimum atomic E-state index is -3.65. The fourth-order valence-corrected chi connectivity index (χ4v) is 4.89. The summed E-state index contributed by atoms with van der Waals surface area (Å²) >= 11 is 0. The van der Waals surface area contributed by atoms with Crippen LogP contribution in [0.1, 0.15) is 12.8 Å². The maximum atomic E-state index is 11.8. The van der Waals surface area contributed by atoms with Crippen LogP contribution in [-0.4, -0.2) is 59.9 Å². The molecule has 1 saturated heterocycles. The third-order valence-electron chi connectivity index (χ3n) is 2.94. The zero-order valence-corrected chi connectivity index (χ0v) is 12.0. The highest BCUT2D eigenvalue weighted by molar-refractivity contribution is 7.93. The molecule has 1 heterocycles. The van der Waals surface area contributed by atoms with Crippen molar-refractivity contribution in [3.05, 3.63) is 0 Å². The van der Waals surface area contributed by atoms with Gasteiger partial charge in [-0.2, -0.15) is 0 Å². The van der Waals surface area contributed by atoms with Crippen molar-refractivity contribution < 1.29 is 21.6 Å². The van der Waals surface area contributed by atoms with Gasteiger partial charge < -0.3 is 10.5 Å². The zero-order chi connectivity index (χ0) is 13.9. The summed E-state index contributed by atoms with van der Waals surface area (Å²) in [6.45, 7) is 1.08. The Kier molecular flexibility index (Phi) is 5.13. The molecule has 1 aliphatic heterocycles. The molecule has 0 aromatic carbocycles. The van der Waals surface area contributed by atoms with Crippen molar-refractivity contribution in [1.29, 1.82) is 0 Å². The first-order chi connectivity index (χ1) is 8.18. The summed E-state index contributed by atoms with van der Waals surface area (Å²) in [5.41, 5.74) is 4.93. The van der Waals surface area contributed by atoms with Crippen LogP contribution in [0.3, 0.4) is 0 Å². The fourth-order valence-electron chi connectivity index (χ4n) is 1.75. The second-order valence-corrected chi connectivity index (χ2v) is 8.75. The Morgan fingerprint density at radius 2 is 1.72 bits per heavy atom. The third kappa shape index (κ3) is 5.19. The van der Waals surface area contributed by atoms with Crippen molar-refractivity contribution in [3.63, 3.8) is 0 Å². The largest absolute Gasteiger partial charge is 0.381 e.